The van der Waals surface area contributed by atoms with Crippen LogP contribution in [0.4, 0.5) is 18.9 Å². The van der Waals surface area contributed by atoms with E-state index in [1.54, 1.807) is 0 Å². The molecular formula is C9H9F3N2O2. The van der Waals surface area contributed by atoms with Crippen LogP contribution in [0, 0.1) is 10.1 Å². The Morgan fingerprint density at radius 3 is 2.44 bits per heavy atom. The lowest BCUT2D eigenvalue weighted by molar-refractivity contribution is -0.386. The highest BCUT2D eigenvalue weighted by Crippen LogP contribution is 2.25. The molecule has 1 aromatic carbocycles. The summed E-state index contributed by atoms with van der Waals surface area (Å²) < 4.78 is 36.7. The van der Waals surface area contributed by atoms with Crippen molar-refractivity contribution < 1.29 is 18.1 Å². The third kappa shape index (κ3) is 2.93. The molecule has 88 valence electrons. The van der Waals surface area contributed by atoms with Crippen molar-refractivity contribution in [3.05, 3.63) is 39.9 Å². The molecule has 0 spiro atoms. The molecular weight excluding hydrogens is 225 g/mol. The number of para-hydroxylation sites is 1. The number of nitro groups is 1. The fourth-order valence-corrected chi connectivity index (χ4v) is 1.17. The van der Waals surface area contributed by atoms with Gasteiger partial charge in [-0.25, -0.2) is 4.90 Å². The summed E-state index contributed by atoms with van der Waals surface area (Å²) in [5.41, 5.74) is -0.272. The van der Waals surface area contributed by atoms with Crippen LogP contribution < -0.4 is 0 Å². The van der Waals surface area contributed by atoms with E-state index >= 15 is 0 Å². The number of hydrogen-bond donors (Lipinski definition) is 0. The van der Waals surface area contributed by atoms with Gasteiger partial charge in [0.2, 0.25) is 0 Å². The molecule has 0 aromatic heterocycles. The molecule has 0 aliphatic rings. The van der Waals surface area contributed by atoms with Crippen molar-refractivity contribution >= 4 is 5.69 Å². The number of hydrogen-bond acceptors (Lipinski definition) is 3. The molecule has 16 heavy (non-hydrogen) atoms. The van der Waals surface area contributed by atoms with Crippen LogP contribution in [0.1, 0.15) is 5.56 Å². The number of alkyl halides is 3. The SMILES string of the molecule is CN(Cc1ccccc1[N+](=O)[O-])C(F)(F)F. The van der Waals surface area contributed by atoms with Gasteiger partial charge in [0.15, 0.2) is 0 Å². The lowest BCUT2D eigenvalue weighted by Gasteiger charge is -2.19. The van der Waals surface area contributed by atoms with Gasteiger partial charge in [-0.2, -0.15) is 13.2 Å². The smallest absolute Gasteiger partial charge is 0.258 e. The molecule has 0 bridgehead atoms. The van der Waals surface area contributed by atoms with Gasteiger partial charge in [-0.05, 0) is 7.05 Å². The van der Waals surface area contributed by atoms with Crippen molar-refractivity contribution in [2.24, 2.45) is 0 Å². The van der Waals surface area contributed by atoms with E-state index in [4.69, 9.17) is 0 Å². The second-order valence-electron chi connectivity index (χ2n) is 3.21. The number of benzene rings is 1. The van der Waals surface area contributed by atoms with Gasteiger partial charge in [-0.1, -0.05) is 18.2 Å². The molecule has 0 radical (unpaired) electrons. The fraction of sp³-hybridized carbons (Fsp3) is 0.333. The van der Waals surface area contributed by atoms with Crippen LogP contribution in [0.25, 0.3) is 0 Å². The van der Waals surface area contributed by atoms with Crippen LogP contribution in [-0.4, -0.2) is 23.2 Å². The van der Waals surface area contributed by atoms with Crippen molar-refractivity contribution in [3.63, 3.8) is 0 Å². The molecule has 7 heteroatoms. The molecule has 4 nitrogen and oxygen atoms in total. The van der Waals surface area contributed by atoms with E-state index in [1.807, 2.05) is 0 Å². The van der Waals surface area contributed by atoms with E-state index in [-0.39, 0.29) is 16.2 Å². The predicted molar refractivity (Wildman–Crippen MR) is 50.6 cm³/mol. The molecule has 0 aliphatic heterocycles. The van der Waals surface area contributed by atoms with E-state index in [1.165, 1.54) is 24.3 Å². The van der Waals surface area contributed by atoms with E-state index in [0.717, 1.165) is 7.05 Å². The molecule has 0 heterocycles. The first kappa shape index (κ1) is 12.4. The lowest BCUT2D eigenvalue weighted by atomic mass is 10.2. The molecule has 0 aliphatic carbocycles. The highest BCUT2D eigenvalue weighted by molar-refractivity contribution is 5.39. The van der Waals surface area contributed by atoms with E-state index in [2.05, 4.69) is 0 Å². The first-order valence-corrected chi connectivity index (χ1v) is 4.32. The zero-order valence-electron chi connectivity index (χ0n) is 8.36. The molecule has 0 N–H and O–H groups in total. The van der Waals surface area contributed by atoms with Crippen LogP contribution in [0.2, 0.25) is 0 Å². The Hall–Kier alpha value is -1.63. The standard InChI is InChI=1S/C9H9F3N2O2/c1-13(9(10,11)12)6-7-4-2-3-5-8(7)14(15)16/h2-5H,6H2,1H3. The molecule has 0 unspecified atom stereocenters. The minimum absolute atomic E-state index is 0.0346. The minimum atomic E-state index is -4.50. The largest absolute Gasteiger partial charge is 0.459 e. The Labute approximate surface area is 89.4 Å². The Kier molecular flexibility index (Phi) is 3.48. The average molecular weight is 234 g/mol. The predicted octanol–water partition coefficient (Wildman–Crippen LogP) is 2.55. The highest BCUT2D eigenvalue weighted by atomic mass is 19.4. The van der Waals surface area contributed by atoms with Crippen molar-refractivity contribution in [2.75, 3.05) is 7.05 Å². The third-order valence-corrected chi connectivity index (χ3v) is 2.03. The number of halogens is 3. The van der Waals surface area contributed by atoms with Gasteiger partial charge in [0.25, 0.3) is 5.69 Å². The van der Waals surface area contributed by atoms with Crippen molar-refractivity contribution in [3.8, 4) is 0 Å². The molecule has 1 rings (SSSR count). The maximum absolute atomic E-state index is 12.2. The van der Waals surface area contributed by atoms with Gasteiger partial charge in [0.1, 0.15) is 0 Å². The minimum Gasteiger partial charge on any atom is -0.258 e. The van der Waals surface area contributed by atoms with Gasteiger partial charge in [-0.3, -0.25) is 10.1 Å². The summed E-state index contributed by atoms with van der Waals surface area (Å²) in [4.78, 5) is 9.96. The quantitative estimate of drug-likeness (QED) is 0.458. The second kappa shape index (κ2) is 4.48. The van der Waals surface area contributed by atoms with E-state index < -0.39 is 17.8 Å². The monoisotopic (exact) mass is 234 g/mol. The lowest BCUT2D eigenvalue weighted by Crippen LogP contribution is -2.33. The Bertz CT molecular complexity index is 393. The molecule has 0 atom stereocenters. The van der Waals surface area contributed by atoms with Gasteiger partial charge in [-0.15, -0.1) is 0 Å². The molecule has 0 saturated carbocycles. The van der Waals surface area contributed by atoms with Gasteiger partial charge in [0.05, 0.1) is 4.92 Å². The molecule has 0 amide bonds. The summed E-state index contributed by atoms with van der Waals surface area (Å²) in [5, 5.41) is 10.6. The zero-order valence-corrected chi connectivity index (χ0v) is 8.36. The molecule has 0 fully saturated rings. The van der Waals surface area contributed by atoms with Crippen LogP contribution in [-0.2, 0) is 6.54 Å². The number of nitro benzene ring substituents is 1. The number of rotatable bonds is 3. The highest BCUT2D eigenvalue weighted by Gasteiger charge is 2.34. The average Bonchev–Trinajstić information content (AvgIpc) is 2.16. The summed E-state index contributed by atoms with van der Waals surface area (Å²) in [6.07, 6.45) is -4.50. The first-order valence-electron chi connectivity index (χ1n) is 4.32. The number of nitrogens with zero attached hydrogens (tertiary/aromatic N) is 2. The van der Waals surface area contributed by atoms with Gasteiger partial charge >= 0.3 is 6.30 Å². The fourth-order valence-electron chi connectivity index (χ4n) is 1.17. The zero-order chi connectivity index (χ0) is 12.3. The van der Waals surface area contributed by atoms with Crippen LogP contribution in [0.5, 0.6) is 0 Å². The normalized spacial score (nSPS) is 11.8. The van der Waals surface area contributed by atoms with E-state index in [0.29, 0.717) is 0 Å². The maximum atomic E-state index is 12.2. The van der Waals surface area contributed by atoms with Gasteiger partial charge in [0, 0.05) is 18.2 Å². The summed E-state index contributed by atoms with van der Waals surface area (Å²) >= 11 is 0. The van der Waals surface area contributed by atoms with Crippen molar-refractivity contribution in [1.29, 1.82) is 0 Å². The van der Waals surface area contributed by atoms with Crippen molar-refractivity contribution in [1.82, 2.24) is 4.90 Å². The third-order valence-electron chi connectivity index (χ3n) is 2.03. The topological polar surface area (TPSA) is 46.4 Å². The Morgan fingerprint density at radius 1 is 1.38 bits per heavy atom. The summed E-state index contributed by atoms with van der Waals surface area (Å²) in [6, 6.07) is 5.36. The Morgan fingerprint density at radius 2 is 1.94 bits per heavy atom. The van der Waals surface area contributed by atoms with Crippen LogP contribution in [0.3, 0.4) is 0 Å². The molecule has 0 saturated heterocycles. The summed E-state index contributed by atoms with van der Waals surface area (Å²) in [7, 11) is 0.844. The van der Waals surface area contributed by atoms with E-state index in [9.17, 15) is 23.3 Å². The first-order chi connectivity index (χ1) is 7.32. The second-order valence-corrected chi connectivity index (χ2v) is 3.21. The summed E-state index contributed by atoms with van der Waals surface area (Å²) in [6.45, 7) is -0.541. The Balaban J connectivity index is 2.93. The maximum Gasteiger partial charge on any atom is 0.459 e. The van der Waals surface area contributed by atoms with Crippen LogP contribution in [0.15, 0.2) is 24.3 Å². The van der Waals surface area contributed by atoms with Crippen molar-refractivity contribution in [2.45, 2.75) is 12.8 Å². The van der Waals surface area contributed by atoms with Gasteiger partial charge < -0.3 is 0 Å². The molecule has 1 aromatic rings. The summed E-state index contributed by atoms with van der Waals surface area (Å²) in [5.74, 6) is 0. The van der Waals surface area contributed by atoms with Crippen LogP contribution >= 0.6 is 0 Å².